The Morgan fingerprint density at radius 2 is 1.87 bits per heavy atom. The standard InChI is InChI=1S/C18H21F2N5O4S/c1-29-15-8-14(20)13(19)7-11(15)16(26)12-9-23-18(24-17(12)21)25(30(2,27)28)10-3-5-22-6-4-10/h7-10,22H,3-6H2,1-2H3,(H2,21,23,24). The van der Waals surface area contributed by atoms with Crippen LogP contribution in [0.1, 0.15) is 28.8 Å². The van der Waals surface area contributed by atoms with Gasteiger partial charge in [-0.2, -0.15) is 4.98 Å². The summed E-state index contributed by atoms with van der Waals surface area (Å²) in [6.45, 7) is 1.28. The van der Waals surface area contributed by atoms with Crippen molar-refractivity contribution in [3.8, 4) is 5.75 Å². The van der Waals surface area contributed by atoms with Crippen molar-refractivity contribution in [2.75, 3.05) is 36.5 Å². The third-order valence-electron chi connectivity index (χ3n) is 4.73. The second kappa shape index (κ2) is 8.48. The van der Waals surface area contributed by atoms with Gasteiger partial charge in [-0.1, -0.05) is 0 Å². The van der Waals surface area contributed by atoms with Gasteiger partial charge in [0.2, 0.25) is 21.8 Å². The number of nitrogen functional groups attached to an aromatic ring is 1. The van der Waals surface area contributed by atoms with Crippen LogP contribution in [0, 0.1) is 11.6 Å². The summed E-state index contributed by atoms with van der Waals surface area (Å²) in [6, 6.07) is 1.09. The van der Waals surface area contributed by atoms with Crippen LogP contribution in [0.4, 0.5) is 20.5 Å². The number of halogens is 2. The van der Waals surface area contributed by atoms with Crippen LogP contribution in [0.15, 0.2) is 18.3 Å². The van der Waals surface area contributed by atoms with Crippen molar-refractivity contribution in [2.24, 2.45) is 0 Å². The van der Waals surface area contributed by atoms with Gasteiger partial charge >= 0.3 is 0 Å². The van der Waals surface area contributed by atoms with E-state index in [4.69, 9.17) is 10.5 Å². The van der Waals surface area contributed by atoms with Gasteiger partial charge in [-0.05, 0) is 32.0 Å². The molecule has 0 unspecified atom stereocenters. The molecular weight excluding hydrogens is 420 g/mol. The Labute approximate surface area is 172 Å². The van der Waals surface area contributed by atoms with E-state index in [1.165, 1.54) is 7.11 Å². The topological polar surface area (TPSA) is 128 Å². The fourth-order valence-electron chi connectivity index (χ4n) is 3.31. The number of sulfonamides is 1. The minimum Gasteiger partial charge on any atom is -0.496 e. The molecule has 0 spiro atoms. The van der Waals surface area contributed by atoms with Gasteiger partial charge in [0, 0.05) is 12.3 Å². The number of hydrogen-bond acceptors (Lipinski definition) is 8. The molecule has 162 valence electrons. The average molecular weight is 441 g/mol. The van der Waals surface area contributed by atoms with E-state index in [1.54, 1.807) is 0 Å². The molecule has 30 heavy (non-hydrogen) atoms. The molecular formula is C18H21F2N5O4S. The first-order chi connectivity index (χ1) is 14.1. The minimum absolute atomic E-state index is 0.157. The zero-order valence-electron chi connectivity index (χ0n) is 16.4. The molecule has 1 fully saturated rings. The molecule has 0 atom stereocenters. The van der Waals surface area contributed by atoms with Crippen molar-refractivity contribution in [1.29, 1.82) is 0 Å². The monoisotopic (exact) mass is 441 g/mol. The van der Waals surface area contributed by atoms with Crippen LogP contribution < -0.4 is 20.1 Å². The number of aromatic nitrogens is 2. The highest BCUT2D eigenvalue weighted by atomic mass is 32.2. The van der Waals surface area contributed by atoms with Gasteiger partial charge in [0.1, 0.15) is 11.6 Å². The second-order valence-corrected chi connectivity index (χ2v) is 8.66. The summed E-state index contributed by atoms with van der Waals surface area (Å²) in [6.07, 6.45) is 3.23. The molecule has 3 N–H and O–H groups in total. The van der Waals surface area contributed by atoms with Crippen LogP contribution in [-0.4, -0.2) is 56.7 Å². The highest BCUT2D eigenvalue weighted by molar-refractivity contribution is 7.92. The van der Waals surface area contributed by atoms with Crippen LogP contribution >= 0.6 is 0 Å². The van der Waals surface area contributed by atoms with Crippen molar-refractivity contribution in [2.45, 2.75) is 18.9 Å². The quantitative estimate of drug-likeness (QED) is 0.638. The largest absolute Gasteiger partial charge is 0.496 e. The summed E-state index contributed by atoms with van der Waals surface area (Å²) in [5, 5.41) is 3.14. The van der Waals surface area contributed by atoms with E-state index in [-0.39, 0.29) is 34.7 Å². The van der Waals surface area contributed by atoms with E-state index >= 15 is 0 Å². The molecule has 1 aromatic carbocycles. The number of ketones is 1. The van der Waals surface area contributed by atoms with Crippen LogP contribution in [0.25, 0.3) is 0 Å². The van der Waals surface area contributed by atoms with Crippen LogP contribution in [0.2, 0.25) is 0 Å². The molecule has 2 aromatic rings. The molecule has 1 saturated heterocycles. The number of anilines is 2. The van der Waals surface area contributed by atoms with Gasteiger partial charge in [-0.25, -0.2) is 26.5 Å². The molecule has 1 aliphatic rings. The van der Waals surface area contributed by atoms with Gasteiger partial charge in [-0.15, -0.1) is 0 Å². The molecule has 1 aliphatic heterocycles. The third-order valence-corrected chi connectivity index (χ3v) is 5.91. The summed E-state index contributed by atoms with van der Waals surface area (Å²) in [5.41, 5.74) is 5.46. The van der Waals surface area contributed by atoms with Crippen molar-refractivity contribution < 1.29 is 26.7 Å². The van der Waals surface area contributed by atoms with E-state index in [0.29, 0.717) is 32.0 Å². The number of piperidine rings is 1. The Morgan fingerprint density at radius 3 is 2.43 bits per heavy atom. The van der Waals surface area contributed by atoms with E-state index in [0.717, 1.165) is 22.8 Å². The van der Waals surface area contributed by atoms with Crippen molar-refractivity contribution in [3.05, 3.63) is 41.1 Å². The first kappa shape index (κ1) is 21.8. The Bertz CT molecular complexity index is 1070. The third kappa shape index (κ3) is 4.33. The number of carbonyl (C=O) groups excluding carboxylic acids is 1. The Balaban J connectivity index is 2.00. The first-order valence-electron chi connectivity index (χ1n) is 9.04. The number of hydrogen-bond donors (Lipinski definition) is 2. The SMILES string of the molecule is COc1cc(F)c(F)cc1C(=O)c1cnc(N(C2CCNCC2)S(C)(=O)=O)nc1N. The summed E-state index contributed by atoms with van der Waals surface area (Å²) >= 11 is 0. The number of nitrogens with one attached hydrogen (secondary N) is 1. The number of methoxy groups -OCH3 is 1. The zero-order chi connectivity index (χ0) is 22.1. The number of carbonyl (C=O) groups is 1. The molecule has 0 saturated carbocycles. The van der Waals surface area contributed by atoms with Crippen LogP contribution in [-0.2, 0) is 10.0 Å². The molecule has 0 bridgehead atoms. The first-order valence-corrected chi connectivity index (χ1v) is 10.9. The van der Waals surface area contributed by atoms with Gasteiger partial charge in [0.25, 0.3) is 0 Å². The highest BCUT2D eigenvalue weighted by Crippen LogP contribution is 2.28. The molecule has 0 amide bonds. The summed E-state index contributed by atoms with van der Waals surface area (Å²) in [7, 11) is -2.51. The number of rotatable bonds is 6. The molecule has 0 aliphatic carbocycles. The van der Waals surface area contributed by atoms with Gasteiger partial charge in [-0.3, -0.25) is 4.79 Å². The van der Waals surface area contributed by atoms with E-state index in [2.05, 4.69) is 15.3 Å². The van der Waals surface area contributed by atoms with Crippen LogP contribution in [0.3, 0.4) is 0 Å². The van der Waals surface area contributed by atoms with E-state index in [1.807, 2.05) is 0 Å². The molecule has 2 heterocycles. The average Bonchev–Trinajstić information content (AvgIpc) is 2.69. The molecule has 0 radical (unpaired) electrons. The van der Waals surface area contributed by atoms with Gasteiger partial charge in [0.15, 0.2) is 11.6 Å². The molecule has 3 rings (SSSR count). The van der Waals surface area contributed by atoms with Gasteiger partial charge < -0.3 is 15.8 Å². The molecule has 12 heteroatoms. The van der Waals surface area contributed by atoms with Crippen molar-refractivity contribution in [3.63, 3.8) is 0 Å². The Kier molecular flexibility index (Phi) is 6.17. The maximum atomic E-state index is 13.7. The number of nitrogens with two attached hydrogens (primary N) is 1. The highest BCUT2D eigenvalue weighted by Gasteiger charge is 2.31. The Morgan fingerprint density at radius 1 is 1.23 bits per heavy atom. The smallest absolute Gasteiger partial charge is 0.241 e. The zero-order valence-corrected chi connectivity index (χ0v) is 17.2. The lowest BCUT2D eigenvalue weighted by Crippen LogP contribution is -2.46. The van der Waals surface area contributed by atoms with Crippen molar-refractivity contribution in [1.82, 2.24) is 15.3 Å². The predicted molar refractivity (Wildman–Crippen MR) is 106 cm³/mol. The fourth-order valence-corrected chi connectivity index (χ4v) is 4.45. The second-order valence-electron chi connectivity index (χ2n) is 6.80. The van der Waals surface area contributed by atoms with Crippen molar-refractivity contribution >= 4 is 27.6 Å². The minimum atomic E-state index is -3.71. The lowest BCUT2D eigenvalue weighted by atomic mass is 10.0. The van der Waals surface area contributed by atoms with E-state index in [9.17, 15) is 22.0 Å². The molecule has 9 nitrogen and oxygen atoms in total. The number of benzene rings is 1. The lowest BCUT2D eigenvalue weighted by Gasteiger charge is -2.32. The lowest BCUT2D eigenvalue weighted by molar-refractivity contribution is 0.103. The summed E-state index contributed by atoms with van der Waals surface area (Å²) in [5.74, 6) is -3.83. The number of ether oxygens (including phenoxy) is 1. The van der Waals surface area contributed by atoms with Gasteiger partial charge in [0.05, 0.1) is 30.5 Å². The summed E-state index contributed by atoms with van der Waals surface area (Å²) < 4.78 is 57.9. The fraction of sp³-hybridized carbons (Fsp3) is 0.389. The predicted octanol–water partition coefficient (Wildman–Crippen LogP) is 1.09. The van der Waals surface area contributed by atoms with E-state index < -0.39 is 27.4 Å². The van der Waals surface area contributed by atoms with Crippen LogP contribution in [0.5, 0.6) is 5.75 Å². The Hall–Kier alpha value is -2.86. The number of nitrogens with zero attached hydrogens (tertiary/aromatic N) is 3. The normalized spacial score (nSPS) is 15.1. The maximum Gasteiger partial charge on any atom is 0.241 e. The maximum absolute atomic E-state index is 13.7. The molecule has 1 aromatic heterocycles. The summed E-state index contributed by atoms with van der Waals surface area (Å²) in [4.78, 5) is 20.9.